The molecule has 0 saturated heterocycles. The number of pyridine rings is 1. The Hall–Kier alpha value is -1.95. The minimum atomic E-state index is -0.490. The van der Waals surface area contributed by atoms with Gasteiger partial charge in [0.25, 0.3) is 5.88 Å². The fraction of sp³-hybridized carbons (Fsp3) is 0.267. The van der Waals surface area contributed by atoms with Crippen molar-refractivity contribution in [2.45, 2.75) is 26.7 Å². The first-order chi connectivity index (χ1) is 9.88. The van der Waals surface area contributed by atoms with Crippen molar-refractivity contribution in [3.63, 3.8) is 0 Å². The molecule has 0 aliphatic heterocycles. The number of aryl methyl sites for hydroxylation is 1. The number of hydrogen-bond acceptors (Lipinski definition) is 4. The second kappa shape index (κ2) is 6.22. The third-order valence-electron chi connectivity index (χ3n) is 2.98. The molecule has 110 valence electrons. The van der Waals surface area contributed by atoms with Crippen LogP contribution in [0.25, 0.3) is 0 Å². The first kappa shape index (κ1) is 15.4. The van der Waals surface area contributed by atoms with E-state index in [-0.39, 0.29) is 17.5 Å². The van der Waals surface area contributed by atoms with Gasteiger partial charge in [0, 0.05) is 16.2 Å². The lowest BCUT2D eigenvalue weighted by molar-refractivity contribution is -0.386. The SMILES string of the molecule is Cc1ccc([N+](=O)[O-])c(Oc2ccc(Br)cc2C(C)C)n1. The van der Waals surface area contributed by atoms with Crippen LogP contribution in [0, 0.1) is 17.0 Å². The summed E-state index contributed by atoms with van der Waals surface area (Å²) >= 11 is 3.42. The number of nitrogens with zero attached hydrogens (tertiary/aromatic N) is 2. The van der Waals surface area contributed by atoms with Crippen LogP contribution >= 0.6 is 15.9 Å². The third kappa shape index (κ3) is 3.58. The number of ether oxygens (including phenoxy) is 1. The lowest BCUT2D eigenvalue weighted by atomic mass is 10.0. The first-order valence-corrected chi connectivity index (χ1v) is 7.27. The molecule has 1 heterocycles. The summed E-state index contributed by atoms with van der Waals surface area (Å²) in [5.74, 6) is 0.819. The van der Waals surface area contributed by atoms with Crippen molar-refractivity contribution < 1.29 is 9.66 Å². The van der Waals surface area contributed by atoms with Gasteiger partial charge in [0.2, 0.25) is 0 Å². The number of aromatic nitrogens is 1. The van der Waals surface area contributed by atoms with Crippen LogP contribution in [0.3, 0.4) is 0 Å². The maximum atomic E-state index is 11.1. The van der Waals surface area contributed by atoms with Crippen LogP contribution in [0.4, 0.5) is 5.69 Å². The number of rotatable bonds is 4. The zero-order valence-corrected chi connectivity index (χ0v) is 13.5. The van der Waals surface area contributed by atoms with E-state index in [0.717, 1.165) is 10.0 Å². The molecule has 2 aromatic rings. The molecule has 21 heavy (non-hydrogen) atoms. The predicted octanol–water partition coefficient (Wildman–Crippen LogP) is 4.98. The second-order valence-corrected chi connectivity index (χ2v) is 5.89. The van der Waals surface area contributed by atoms with Crippen LogP contribution in [-0.2, 0) is 0 Å². The summed E-state index contributed by atoms with van der Waals surface area (Å²) in [6.07, 6.45) is 0. The molecule has 0 radical (unpaired) electrons. The largest absolute Gasteiger partial charge is 0.433 e. The summed E-state index contributed by atoms with van der Waals surface area (Å²) in [5, 5.41) is 11.1. The second-order valence-electron chi connectivity index (χ2n) is 4.97. The van der Waals surface area contributed by atoms with Gasteiger partial charge in [-0.15, -0.1) is 0 Å². The highest BCUT2D eigenvalue weighted by Gasteiger charge is 2.19. The molecule has 1 aromatic carbocycles. The van der Waals surface area contributed by atoms with Crippen molar-refractivity contribution in [2.24, 2.45) is 0 Å². The molecule has 1 aromatic heterocycles. The third-order valence-corrected chi connectivity index (χ3v) is 3.47. The van der Waals surface area contributed by atoms with Crippen LogP contribution < -0.4 is 4.74 Å². The van der Waals surface area contributed by atoms with Crippen molar-refractivity contribution in [3.8, 4) is 11.6 Å². The molecule has 0 N–H and O–H groups in total. The molecule has 0 fully saturated rings. The fourth-order valence-electron chi connectivity index (χ4n) is 1.91. The van der Waals surface area contributed by atoms with E-state index in [1.165, 1.54) is 6.07 Å². The summed E-state index contributed by atoms with van der Waals surface area (Å²) in [6.45, 7) is 5.83. The van der Waals surface area contributed by atoms with Crippen molar-refractivity contribution in [2.75, 3.05) is 0 Å². The van der Waals surface area contributed by atoms with Gasteiger partial charge in [0.1, 0.15) is 5.75 Å². The van der Waals surface area contributed by atoms with Gasteiger partial charge < -0.3 is 4.74 Å². The van der Waals surface area contributed by atoms with E-state index >= 15 is 0 Å². The van der Waals surface area contributed by atoms with Gasteiger partial charge in [-0.05, 0) is 42.7 Å². The Labute approximate surface area is 131 Å². The Kier molecular flexibility index (Phi) is 4.57. The summed E-state index contributed by atoms with van der Waals surface area (Å²) in [7, 11) is 0. The van der Waals surface area contributed by atoms with Gasteiger partial charge in [0.15, 0.2) is 0 Å². The average Bonchev–Trinajstić information content (AvgIpc) is 2.40. The Bertz CT molecular complexity index is 687. The number of nitro groups is 1. The van der Waals surface area contributed by atoms with Gasteiger partial charge in [-0.25, -0.2) is 4.98 Å². The molecule has 0 amide bonds. The number of hydrogen-bond donors (Lipinski definition) is 0. The molecule has 0 aliphatic carbocycles. The number of benzene rings is 1. The Balaban J connectivity index is 2.47. The Morgan fingerprint density at radius 1 is 1.29 bits per heavy atom. The summed E-state index contributed by atoms with van der Waals surface area (Å²) in [4.78, 5) is 14.7. The molecular weight excluding hydrogens is 336 g/mol. The molecule has 2 rings (SSSR count). The van der Waals surface area contributed by atoms with Gasteiger partial charge in [-0.3, -0.25) is 10.1 Å². The predicted molar refractivity (Wildman–Crippen MR) is 83.9 cm³/mol. The van der Waals surface area contributed by atoms with Gasteiger partial charge in [0.05, 0.1) is 4.92 Å². The van der Waals surface area contributed by atoms with Crippen molar-refractivity contribution in [1.82, 2.24) is 4.98 Å². The lowest BCUT2D eigenvalue weighted by Crippen LogP contribution is -2.00. The minimum absolute atomic E-state index is 0.0178. The van der Waals surface area contributed by atoms with Gasteiger partial charge in [-0.2, -0.15) is 0 Å². The summed E-state index contributed by atoms with van der Waals surface area (Å²) < 4.78 is 6.66. The molecule has 5 nitrogen and oxygen atoms in total. The van der Waals surface area contributed by atoms with E-state index < -0.39 is 4.92 Å². The zero-order valence-electron chi connectivity index (χ0n) is 12.0. The van der Waals surface area contributed by atoms with Gasteiger partial charge >= 0.3 is 5.69 Å². The van der Waals surface area contributed by atoms with E-state index in [0.29, 0.717) is 11.4 Å². The molecule has 0 saturated carbocycles. The summed E-state index contributed by atoms with van der Waals surface area (Å²) in [6, 6.07) is 8.57. The van der Waals surface area contributed by atoms with Gasteiger partial charge in [-0.1, -0.05) is 29.8 Å². The first-order valence-electron chi connectivity index (χ1n) is 6.48. The highest BCUT2D eigenvalue weighted by atomic mass is 79.9. The number of halogens is 1. The zero-order chi connectivity index (χ0) is 15.6. The molecular formula is C15H15BrN2O3. The highest BCUT2D eigenvalue weighted by molar-refractivity contribution is 9.10. The van der Waals surface area contributed by atoms with Crippen LogP contribution in [0.1, 0.15) is 31.0 Å². The maximum absolute atomic E-state index is 11.1. The molecule has 6 heteroatoms. The minimum Gasteiger partial charge on any atom is -0.433 e. The van der Waals surface area contributed by atoms with E-state index in [4.69, 9.17) is 4.74 Å². The molecule has 0 atom stereocenters. The smallest absolute Gasteiger partial charge is 0.331 e. The Morgan fingerprint density at radius 3 is 2.62 bits per heavy atom. The topological polar surface area (TPSA) is 65.3 Å². The van der Waals surface area contributed by atoms with Crippen LogP contribution in [0.2, 0.25) is 0 Å². The Morgan fingerprint density at radius 2 is 2.00 bits per heavy atom. The van der Waals surface area contributed by atoms with E-state index in [1.807, 2.05) is 26.0 Å². The van der Waals surface area contributed by atoms with Crippen LogP contribution in [-0.4, -0.2) is 9.91 Å². The van der Waals surface area contributed by atoms with Crippen molar-refractivity contribution in [1.29, 1.82) is 0 Å². The molecule has 0 aliphatic rings. The van der Waals surface area contributed by atoms with Crippen molar-refractivity contribution in [3.05, 3.63) is 56.2 Å². The highest BCUT2D eigenvalue weighted by Crippen LogP contribution is 2.35. The molecule has 0 unspecified atom stereocenters. The van der Waals surface area contributed by atoms with Crippen LogP contribution in [0.5, 0.6) is 11.6 Å². The normalized spacial score (nSPS) is 10.7. The van der Waals surface area contributed by atoms with E-state index in [1.54, 1.807) is 19.1 Å². The van der Waals surface area contributed by atoms with Crippen molar-refractivity contribution >= 4 is 21.6 Å². The van der Waals surface area contributed by atoms with Crippen LogP contribution in [0.15, 0.2) is 34.8 Å². The molecule has 0 spiro atoms. The fourth-order valence-corrected chi connectivity index (χ4v) is 2.29. The standard InChI is InChI=1S/C15H15BrN2O3/c1-9(2)12-8-11(16)5-7-14(12)21-15-13(18(19)20)6-4-10(3)17-15/h4-9H,1-3H3. The average molecular weight is 351 g/mol. The van der Waals surface area contributed by atoms with E-state index in [2.05, 4.69) is 20.9 Å². The molecule has 0 bridgehead atoms. The maximum Gasteiger partial charge on any atom is 0.331 e. The lowest BCUT2D eigenvalue weighted by Gasteiger charge is -2.14. The monoisotopic (exact) mass is 350 g/mol. The quantitative estimate of drug-likeness (QED) is 0.576. The van der Waals surface area contributed by atoms with E-state index in [9.17, 15) is 10.1 Å². The summed E-state index contributed by atoms with van der Waals surface area (Å²) in [5.41, 5.74) is 1.49.